The van der Waals surface area contributed by atoms with Crippen LogP contribution in [0.5, 0.6) is 0 Å². The lowest BCUT2D eigenvalue weighted by molar-refractivity contribution is 0.123. The van der Waals surface area contributed by atoms with E-state index in [0.717, 1.165) is 22.6 Å². The van der Waals surface area contributed by atoms with Gasteiger partial charge >= 0.3 is 0 Å². The number of hydrogen-bond donors (Lipinski definition) is 1. The molecule has 19 heavy (non-hydrogen) atoms. The molecule has 0 atom stereocenters. The Kier molecular flexibility index (Phi) is 4.10. The minimum Gasteiger partial charge on any atom is -0.398 e. The molecule has 1 aliphatic heterocycles. The fourth-order valence-electron chi connectivity index (χ4n) is 2.75. The van der Waals surface area contributed by atoms with Gasteiger partial charge in [0.2, 0.25) is 0 Å². The Labute approximate surface area is 123 Å². The van der Waals surface area contributed by atoms with Crippen LogP contribution in [0.1, 0.15) is 18.4 Å². The molecule has 1 aromatic rings. The molecule has 1 heterocycles. The summed E-state index contributed by atoms with van der Waals surface area (Å²) >= 11 is 3.46. The van der Waals surface area contributed by atoms with Crippen LogP contribution in [0.3, 0.4) is 0 Å². The highest BCUT2D eigenvalue weighted by molar-refractivity contribution is 9.10. The van der Waals surface area contributed by atoms with Crippen molar-refractivity contribution < 1.29 is 0 Å². The Morgan fingerprint density at radius 3 is 2.42 bits per heavy atom. The van der Waals surface area contributed by atoms with Gasteiger partial charge in [0.05, 0.1) is 0 Å². The summed E-state index contributed by atoms with van der Waals surface area (Å²) in [4.78, 5) is 5.14. The van der Waals surface area contributed by atoms with Crippen molar-refractivity contribution in [2.45, 2.75) is 19.4 Å². The molecular weight excluding hydrogens is 302 g/mol. The molecule has 0 amide bonds. The van der Waals surface area contributed by atoms with Crippen molar-refractivity contribution in [2.75, 3.05) is 38.5 Å². The molecule has 4 heteroatoms. The van der Waals surface area contributed by atoms with Gasteiger partial charge in [0.25, 0.3) is 0 Å². The zero-order valence-electron chi connectivity index (χ0n) is 11.3. The molecule has 0 bridgehead atoms. The molecule has 0 radical (unpaired) electrons. The largest absolute Gasteiger partial charge is 0.398 e. The summed E-state index contributed by atoms with van der Waals surface area (Å²) < 4.78 is 1.06. The van der Waals surface area contributed by atoms with E-state index in [0.29, 0.717) is 0 Å². The number of rotatable bonds is 4. The standard InChI is InChI=1S/C15H22BrN3/c16-14-4-3-13(15(17)9-14)11-19-7-5-18(6-8-19)10-12-1-2-12/h3-4,9,12H,1-2,5-8,10-11,17H2. The Hall–Kier alpha value is -0.580. The summed E-state index contributed by atoms with van der Waals surface area (Å²) in [6, 6.07) is 6.21. The van der Waals surface area contributed by atoms with Gasteiger partial charge in [0.1, 0.15) is 0 Å². The third-order valence-corrected chi connectivity index (χ3v) is 4.67. The number of piperazine rings is 1. The van der Waals surface area contributed by atoms with Crippen molar-refractivity contribution in [1.82, 2.24) is 9.80 Å². The third kappa shape index (κ3) is 3.71. The zero-order chi connectivity index (χ0) is 13.2. The first-order valence-electron chi connectivity index (χ1n) is 7.19. The Morgan fingerprint density at radius 2 is 1.79 bits per heavy atom. The van der Waals surface area contributed by atoms with Crippen molar-refractivity contribution >= 4 is 21.6 Å². The molecule has 3 nitrogen and oxygen atoms in total. The summed E-state index contributed by atoms with van der Waals surface area (Å²) in [7, 11) is 0. The van der Waals surface area contributed by atoms with Crippen molar-refractivity contribution in [3.05, 3.63) is 28.2 Å². The third-order valence-electron chi connectivity index (χ3n) is 4.18. The fourth-order valence-corrected chi connectivity index (χ4v) is 3.13. The minimum atomic E-state index is 0.898. The van der Waals surface area contributed by atoms with E-state index in [4.69, 9.17) is 5.73 Å². The summed E-state index contributed by atoms with van der Waals surface area (Å²) in [5.74, 6) is 1.01. The maximum atomic E-state index is 6.07. The number of nitrogens with two attached hydrogens (primary N) is 1. The van der Waals surface area contributed by atoms with Crippen LogP contribution in [0.2, 0.25) is 0 Å². The highest BCUT2D eigenvalue weighted by Gasteiger charge is 2.26. The van der Waals surface area contributed by atoms with Crippen LogP contribution in [0.4, 0.5) is 5.69 Å². The monoisotopic (exact) mass is 323 g/mol. The highest BCUT2D eigenvalue weighted by atomic mass is 79.9. The Morgan fingerprint density at radius 1 is 1.11 bits per heavy atom. The summed E-state index contributed by atoms with van der Waals surface area (Å²) in [5.41, 5.74) is 8.22. The molecule has 1 aromatic carbocycles. The van der Waals surface area contributed by atoms with E-state index in [1.165, 1.54) is 51.1 Å². The SMILES string of the molecule is Nc1cc(Br)ccc1CN1CCN(CC2CC2)CC1. The number of nitrogen functional groups attached to an aromatic ring is 1. The molecule has 1 saturated carbocycles. The van der Waals surface area contributed by atoms with Crippen LogP contribution in [0.15, 0.2) is 22.7 Å². The topological polar surface area (TPSA) is 32.5 Å². The molecule has 1 aliphatic carbocycles. The summed E-state index contributed by atoms with van der Waals surface area (Å²) in [6.07, 6.45) is 2.91. The first kappa shape index (κ1) is 13.4. The molecule has 3 rings (SSSR count). The summed E-state index contributed by atoms with van der Waals surface area (Å²) in [6.45, 7) is 7.08. The molecule has 0 unspecified atom stereocenters. The Bertz CT molecular complexity index is 437. The number of hydrogen-bond acceptors (Lipinski definition) is 3. The number of nitrogens with zero attached hydrogens (tertiary/aromatic N) is 2. The molecule has 2 N–H and O–H groups in total. The van der Waals surface area contributed by atoms with E-state index in [9.17, 15) is 0 Å². The van der Waals surface area contributed by atoms with Crippen LogP contribution >= 0.6 is 15.9 Å². The maximum absolute atomic E-state index is 6.07. The minimum absolute atomic E-state index is 0.898. The van der Waals surface area contributed by atoms with Gasteiger partial charge in [0, 0.05) is 49.4 Å². The molecular formula is C15H22BrN3. The van der Waals surface area contributed by atoms with Gasteiger partial charge in [-0.15, -0.1) is 0 Å². The van der Waals surface area contributed by atoms with Crippen LogP contribution in [-0.4, -0.2) is 42.5 Å². The fraction of sp³-hybridized carbons (Fsp3) is 0.600. The maximum Gasteiger partial charge on any atom is 0.0371 e. The number of halogens is 1. The van der Waals surface area contributed by atoms with Crippen LogP contribution in [-0.2, 0) is 6.54 Å². The molecule has 1 saturated heterocycles. The average Bonchev–Trinajstić information content (AvgIpc) is 3.19. The highest BCUT2D eigenvalue weighted by Crippen LogP contribution is 2.30. The number of benzene rings is 1. The van der Waals surface area contributed by atoms with Crippen LogP contribution < -0.4 is 5.73 Å². The van der Waals surface area contributed by atoms with Gasteiger partial charge in [-0.3, -0.25) is 4.90 Å². The van der Waals surface area contributed by atoms with Crippen molar-refractivity contribution in [1.29, 1.82) is 0 Å². The van der Waals surface area contributed by atoms with Crippen molar-refractivity contribution in [2.24, 2.45) is 5.92 Å². The second-order valence-corrected chi connectivity index (χ2v) is 6.78. The molecule has 104 valence electrons. The van der Waals surface area contributed by atoms with E-state index in [2.05, 4.69) is 37.9 Å². The molecule has 2 fully saturated rings. The van der Waals surface area contributed by atoms with Gasteiger partial charge < -0.3 is 10.6 Å². The Balaban J connectivity index is 1.50. The predicted molar refractivity (Wildman–Crippen MR) is 83.0 cm³/mol. The summed E-state index contributed by atoms with van der Waals surface area (Å²) in [5, 5.41) is 0. The lowest BCUT2D eigenvalue weighted by atomic mass is 10.1. The molecule has 0 aromatic heterocycles. The van der Waals surface area contributed by atoms with Crippen molar-refractivity contribution in [3.8, 4) is 0 Å². The van der Waals surface area contributed by atoms with E-state index in [1.54, 1.807) is 0 Å². The van der Waals surface area contributed by atoms with E-state index in [1.807, 2.05) is 6.07 Å². The first-order valence-corrected chi connectivity index (χ1v) is 7.98. The van der Waals surface area contributed by atoms with E-state index < -0.39 is 0 Å². The van der Waals surface area contributed by atoms with E-state index >= 15 is 0 Å². The van der Waals surface area contributed by atoms with Gasteiger partial charge in [0.15, 0.2) is 0 Å². The molecule has 0 spiro atoms. The quantitative estimate of drug-likeness (QED) is 0.864. The smallest absolute Gasteiger partial charge is 0.0371 e. The van der Waals surface area contributed by atoms with Gasteiger partial charge in [-0.05, 0) is 36.5 Å². The normalized spacial score (nSPS) is 21.7. The average molecular weight is 324 g/mol. The van der Waals surface area contributed by atoms with Gasteiger partial charge in [-0.25, -0.2) is 0 Å². The van der Waals surface area contributed by atoms with Crippen LogP contribution in [0.25, 0.3) is 0 Å². The lowest BCUT2D eigenvalue weighted by Crippen LogP contribution is -2.46. The lowest BCUT2D eigenvalue weighted by Gasteiger charge is -2.35. The second kappa shape index (κ2) is 5.81. The van der Waals surface area contributed by atoms with Gasteiger partial charge in [-0.1, -0.05) is 22.0 Å². The number of anilines is 1. The first-order chi connectivity index (χ1) is 9.20. The van der Waals surface area contributed by atoms with Crippen LogP contribution in [0, 0.1) is 5.92 Å². The van der Waals surface area contributed by atoms with Gasteiger partial charge in [-0.2, -0.15) is 0 Å². The zero-order valence-corrected chi connectivity index (χ0v) is 12.9. The van der Waals surface area contributed by atoms with E-state index in [-0.39, 0.29) is 0 Å². The molecule has 2 aliphatic rings. The second-order valence-electron chi connectivity index (χ2n) is 5.86. The predicted octanol–water partition coefficient (Wildman–Crippen LogP) is 2.56. The van der Waals surface area contributed by atoms with Crippen molar-refractivity contribution in [3.63, 3.8) is 0 Å².